The maximum atomic E-state index is 9.68. The average Bonchev–Trinajstić information content (AvgIpc) is 2.20. The van der Waals surface area contributed by atoms with E-state index >= 15 is 0 Å². The van der Waals surface area contributed by atoms with Crippen LogP contribution in [0.3, 0.4) is 0 Å². The lowest BCUT2D eigenvalue weighted by atomic mass is 10.0. The van der Waals surface area contributed by atoms with Crippen LogP contribution in [-0.2, 0) is 5.88 Å². The van der Waals surface area contributed by atoms with Crippen molar-refractivity contribution in [2.75, 3.05) is 6.61 Å². The molecule has 0 aliphatic heterocycles. The number of halogens is 1. The van der Waals surface area contributed by atoms with E-state index in [1.165, 1.54) is 0 Å². The third-order valence-electron chi connectivity index (χ3n) is 2.14. The highest BCUT2D eigenvalue weighted by Crippen LogP contribution is 2.28. The van der Waals surface area contributed by atoms with Crippen molar-refractivity contribution in [3.63, 3.8) is 0 Å². The van der Waals surface area contributed by atoms with Gasteiger partial charge in [0.05, 0.1) is 12.6 Å². The number of aliphatic hydroxyl groups excluding tert-OH is 1. The first-order valence-corrected chi connectivity index (χ1v) is 4.88. The van der Waals surface area contributed by atoms with Crippen LogP contribution < -0.4 is 5.73 Å². The number of phenolic OH excluding ortho intramolecular Hbond substituents is 1. The Morgan fingerprint density at radius 3 is 2.64 bits per heavy atom. The van der Waals surface area contributed by atoms with E-state index in [0.29, 0.717) is 11.4 Å². The number of hydrogen-bond donors (Lipinski definition) is 3. The highest BCUT2D eigenvalue weighted by Gasteiger charge is 2.12. The summed E-state index contributed by atoms with van der Waals surface area (Å²) in [5.41, 5.74) is 7.79. The second kappa shape index (κ2) is 4.64. The first-order chi connectivity index (χ1) is 6.60. The van der Waals surface area contributed by atoms with Gasteiger partial charge in [0.1, 0.15) is 5.75 Å². The molecule has 14 heavy (non-hydrogen) atoms. The van der Waals surface area contributed by atoms with E-state index in [4.69, 9.17) is 22.4 Å². The van der Waals surface area contributed by atoms with Crippen LogP contribution in [0.25, 0.3) is 0 Å². The Morgan fingerprint density at radius 2 is 2.14 bits per heavy atom. The number of aryl methyl sites for hydroxylation is 1. The van der Waals surface area contributed by atoms with Crippen molar-refractivity contribution < 1.29 is 10.2 Å². The summed E-state index contributed by atoms with van der Waals surface area (Å²) in [5, 5.41) is 18.6. The van der Waals surface area contributed by atoms with Crippen molar-refractivity contribution in [2.24, 2.45) is 5.73 Å². The molecule has 0 saturated carbocycles. The predicted octanol–water partition coefficient (Wildman–Crippen LogP) is 1.43. The van der Waals surface area contributed by atoms with E-state index in [1.807, 2.05) is 0 Å². The molecule has 4 heteroatoms. The van der Waals surface area contributed by atoms with Crippen LogP contribution >= 0.6 is 11.6 Å². The van der Waals surface area contributed by atoms with Crippen molar-refractivity contribution in [3.05, 3.63) is 28.8 Å². The maximum absolute atomic E-state index is 9.68. The van der Waals surface area contributed by atoms with Crippen molar-refractivity contribution >= 4 is 11.6 Å². The second-order valence-electron chi connectivity index (χ2n) is 3.27. The van der Waals surface area contributed by atoms with Crippen LogP contribution in [0.5, 0.6) is 5.75 Å². The number of benzene rings is 1. The molecule has 78 valence electrons. The highest BCUT2D eigenvalue weighted by molar-refractivity contribution is 6.17. The van der Waals surface area contributed by atoms with Gasteiger partial charge in [-0.3, -0.25) is 0 Å². The molecule has 1 aromatic carbocycles. The summed E-state index contributed by atoms with van der Waals surface area (Å²) in [6.45, 7) is 1.58. The number of hydrogen-bond acceptors (Lipinski definition) is 3. The summed E-state index contributed by atoms with van der Waals surface area (Å²) < 4.78 is 0. The van der Waals surface area contributed by atoms with Crippen molar-refractivity contribution in [3.8, 4) is 5.75 Å². The zero-order valence-corrected chi connectivity index (χ0v) is 8.75. The fourth-order valence-corrected chi connectivity index (χ4v) is 1.50. The van der Waals surface area contributed by atoms with Gasteiger partial charge in [-0.15, -0.1) is 11.6 Å². The van der Waals surface area contributed by atoms with Crippen LogP contribution in [0.2, 0.25) is 0 Å². The minimum Gasteiger partial charge on any atom is -0.507 e. The summed E-state index contributed by atoms with van der Waals surface area (Å²) in [6.07, 6.45) is 0. The fraction of sp³-hybridized carbons (Fsp3) is 0.400. The zero-order chi connectivity index (χ0) is 10.7. The summed E-state index contributed by atoms with van der Waals surface area (Å²) in [5.74, 6) is 0.507. The van der Waals surface area contributed by atoms with Gasteiger partial charge in [0, 0.05) is 11.4 Å². The van der Waals surface area contributed by atoms with E-state index in [2.05, 4.69) is 0 Å². The van der Waals surface area contributed by atoms with E-state index in [1.54, 1.807) is 19.1 Å². The molecule has 1 atom stereocenters. The molecule has 0 radical (unpaired) electrons. The maximum Gasteiger partial charge on any atom is 0.123 e. The van der Waals surface area contributed by atoms with Gasteiger partial charge in [-0.2, -0.15) is 0 Å². The molecule has 1 rings (SSSR count). The average molecular weight is 216 g/mol. The van der Waals surface area contributed by atoms with E-state index < -0.39 is 6.04 Å². The Bertz CT molecular complexity index is 328. The molecular formula is C10H14ClNO2. The van der Waals surface area contributed by atoms with E-state index in [-0.39, 0.29) is 12.4 Å². The van der Waals surface area contributed by atoms with Crippen molar-refractivity contribution in [2.45, 2.75) is 18.8 Å². The summed E-state index contributed by atoms with van der Waals surface area (Å²) in [4.78, 5) is 0. The topological polar surface area (TPSA) is 66.5 Å². The van der Waals surface area contributed by atoms with Gasteiger partial charge in [-0.05, 0) is 24.1 Å². The van der Waals surface area contributed by atoms with Crippen molar-refractivity contribution in [1.82, 2.24) is 0 Å². The van der Waals surface area contributed by atoms with E-state index in [9.17, 15) is 5.11 Å². The first-order valence-electron chi connectivity index (χ1n) is 4.35. The van der Waals surface area contributed by atoms with Crippen LogP contribution in [0.4, 0.5) is 0 Å². The smallest absolute Gasteiger partial charge is 0.123 e. The van der Waals surface area contributed by atoms with Gasteiger partial charge in [0.2, 0.25) is 0 Å². The minimum atomic E-state index is -0.558. The van der Waals surface area contributed by atoms with E-state index in [0.717, 1.165) is 11.1 Å². The van der Waals surface area contributed by atoms with Crippen molar-refractivity contribution in [1.29, 1.82) is 0 Å². The lowest BCUT2D eigenvalue weighted by molar-refractivity contribution is 0.265. The molecule has 1 unspecified atom stereocenters. The fourth-order valence-electron chi connectivity index (χ4n) is 1.34. The molecule has 0 aliphatic carbocycles. The van der Waals surface area contributed by atoms with Crippen LogP contribution in [0.15, 0.2) is 12.1 Å². The molecule has 0 aliphatic rings. The second-order valence-corrected chi connectivity index (χ2v) is 3.54. The van der Waals surface area contributed by atoms with Gasteiger partial charge >= 0.3 is 0 Å². The molecule has 0 bridgehead atoms. The van der Waals surface area contributed by atoms with Gasteiger partial charge in [0.25, 0.3) is 0 Å². The molecule has 1 aromatic rings. The minimum absolute atomic E-state index is 0.139. The Kier molecular flexibility index (Phi) is 3.75. The van der Waals surface area contributed by atoms with Crippen LogP contribution in [0, 0.1) is 6.92 Å². The van der Waals surface area contributed by atoms with Gasteiger partial charge in [-0.1, -0.05) is 6.07 Å². The predicted molar refractivity (Wildman–Crippen MR) is 56.4 cm³/mol. The standard InChI is InChI=1S/C10H14ClNO2/c1-6-2-7(4-11)3-8(10(6)14)9(12)5-13/h2-3,9,13-14H,4-5,12H2,1H3. The molecule has 0 heterocycles. The lowest BCUT2D eigenvalue weighted by Crippen LogP contribution is -2.15. The number of nitrogens with two attached hydrogens (primary N) is 1. The number of alkyl halides is 1. The Morgan fingerprint density at radius 1 is 1.50 bits per heavy atom. The molecule has 0 amide bonds. The molecule has 0 spiro atoms. The summed E-state index contributed by atoms with van der Waals surface area (Å²) in [7, 11) is 0. The summed E-state index contributed by atoms with van der Waals surface area (Å²) >= 11 is 5.69. The number of aliphatic hydroxyl groups is 1. The monoisotopic (exact) mass is 215 g/mol. The molecule has 0 aromatic heterocycles. The molecule has 0 fully saturated rings. The Labute approximate surface area is 88.1 Å². The summed E-state index contributed by atoms with van der Waals surface area (Å²) in [6, 6.07) is 2.96. The number of aromatic hydroxyl groups is 1. The third-order valence-corrected chi connectivity index (χ3v) is 2.45. The normalized spacial score (nSPS) is 12.9. The Balaban J connectivity index is 3.20. The van der Waals surface area contributed by atoms with Crippen LogP contribution in [0.1, 0.15) is 22.7 Å². The van der Waals surface area contributed by atoms with Crippen LogP contribution in [-0.4, -0.2) is 16.8 Å². The van der Waals surface area contributed by atoms with Gasteiger partial charge < -0.3 is 15.9 Å². The van der Waals surface area contributed by atoms with Gasteiger partial charge in [0.15, 0.2) is 0 Å². The largest absolute Gasteiger partial charge is 0.507 e. The molecule has 4 N–H and O–H groups in total. The highest BCUT2D eigenvalue weighted by atomic mass is 35.5. The molecule has 3 nitrogen and oxygen atoms in total. The molecular weight excluding hydrogens is 202 g/mol. The quantitative estimate of drug-likeness (QED) is 0.669. The SMILES string of the molecule is Cc1cc(CCl)cc(C(N)CO)c1O. The van der Waals surface area contributed by atoms with Gasteiger partial charge in [-0.25, -0.2) is 0 Å². The Hall–Kier alpha value is -0.770. The first kappa shape index (κ1) is 11.3. The molecule has 0 saturated heterocycles. The zero-order valence-electron chi connectivity index (χ0n) is 8.00. The number of phenols is 1. The third kappa shape index (κ3) is 2.18. The number of rotatable bonds is 3. The lowest BCUT2D eigenvalue weighted by Gasteiger charge is -2.14.